The molecule has 2 aliphatic carbocycles. The van der Waals surface area contributed by atoms with E-state index in [1.165, 1.54) is 11.1 Å². The van der Waals surface area contributed by atoms with Crippen LogP contribution in [0.25, 0.3) is 6.08 Å². The SMILES string of the molecule is C/C=C1\[C@H]2C=C(C)C[C@]1(N=C/C=C/c1ccc(Cl)cc1)c1ccc(=O)[nH]c1C2. The van der Waals surface area contributed by atoms with Crippen molar-refractivity contribution in [3.8, 4) is 0 Å². The first-order valence-electron chi connectivity index (χ1n) is 9.56. The van der Waals surface area contributed by atoms with E-state index in [1.54, 1.807) is 6.07 Å². The first kappa shape index (κ1) is 18.7. The molecule has 0 fully saturated rings. The van der Waals surface area contributed by atoms with Crippen LogP contribution in [0, 0.1) is 5.92 Å². The Morgan fingerprint density at radius 3 is 2.75 bits per heavy atom. The van der Waals surface area contributed by atoms with Crippen molar-refractivity contribution in [1.29, 1.82) is 0 Å². The highest BCUT2D eigenvalue weighted by Crippen LogP contribution is 2.51. The van der Waals surface area contributed by atoms with Crippen molar-refractivity contribution in [3.63, 3.8) is 0 Å². The zero-order chi connectivity index (χ0) is 19.7. The molecule has 1 aromatic heterocycles. The van der Waals surface area contributed by atoms with Gasteiger partial charge in [-0.05, 0) is 55.7 Å². The number of fused-ring (bicyclic) bond motifs is 4. The standard InChI is InChI=1S/C24H23ClN2O/c1-3-20-18-13-16(2)15-24(20,21-10-11-23(28)27-22(21)14-18)26-12-4-5-17-6-8-19(25)9-7-17/h3-13,18H,14-15H2,1-2H3,(H,27,28)/b5-4+,20-3+,26-12?/t18-,24+/m0/s1. The number of hydrogen-bond acceptors (Lipinski definition) is 2. The van der Waals surface area contributed by atoms with Crippen molar-refractivity contribution in [2.45, 2.75) is 32.2 Å². The average molecular weight is 391 g/mol. The third-order valence-electron chi connectivity index (χ3n) is 5.62. The van der Waals surface area contributed by atoms with Gasteiger partial charge in [-0.3, -0.25) is 9.79 Å². The van der Waals surface area contributed by atoms with Crippen molar-refractivity contribution >= 4 is 23.9 Å². The number of allylic oxidation sites excluding steroid dienone is 3. The van der Waals surface area contributed by atoms with E-state index < -0.39 is 5.54 Å². The van der Waals surface area contributed by atoms with Crippen molar-refractivity contribution in [3.05, 3.63) is 98.0 Å². The molecule has 4 rings (SSSR count). The normalized spacial score (nSPS) is 25.3. The number of aromatic amines is 1. The molecular weight excluding hydrogens is 368 g/mol. The molecule has 142 valence electrons. The predicted octanol–water partition coefficient (Wildman–Crippen LogP) is 5.48. The zero-order valence-corrected chi connectivity index (χ0v) is 16.8. The Morgan fingerprint density at radius 2 is 2.00 bits per heavy atom. The third-order valence-corrected chi connectivity index (χ3v) is 5.87. The van der Waals surface area contributed by atoms with E-state index in [2.05, 4.69) is 31.0 Å². The summed E-state index contributed by atoms with van der Waals surface area (Å²) in [5.41, 5.74) is 5.35. The molecule has 0 aliphatic heterocycles. The molecule has 1 N–H and O–H groups in total. The lowest BCUT2D eigenvalue weighted by Gasteiger charge is -2.45. The lowest BCUT2D eigenvalue weighted by Crippen LogP contribution is -2.40. The van der Waals surface area contributed by atoms with Crippen LogP contribution in [0.4, 0.5) is 0 Å². The molecule has 28 heavy (non-hydrogen) atoms. The van der Waals surface area contributed by atoms with Crippen molar-refractivity contribution in [2.75, 3.05) is 0 Å². The molecule has 0 saturated carbocycles. The van der Waals surface area contributed by atoms with Gasteiger partial charge in [0.2, 0.25) is 5.56 Å². The molecule has 1 heterocycles. The van der Waals surface area contributed by atoms with Crippen LogP contribution in [-0.4, -0.2) is 11.2 Å². The van der Waals surface area contributed by atoms with Gasteiger partial charge in [-0.2, -0.15) is 0 Å². The minimum Gasteiger partial charge on any atom is -0.326 e. The molecule has 0 spiro atoms. The quantitative estimate of drug-likeness (QED) is 0.547. The second-order valence-electron chi connectivity index (χ2n) is 7.51. The van der Waals surface area contributed by atoms with Gasteiger partial charge in [0.1, 0.15) is 5.54 Å². The largest absolute Gasteiger partial charge is 0.326 e. The Balaban J connectivity index is 1.76. The van der Waals surface area contributed by atoms with Gasteiger partial charge in [0.15, 0.2) is 0 Å². The summed E-state index contributed by atoms with van der Waals surface area (Å²) in [5, 5.41) is 0.728. The van der Waals surface area contributed by atoms with Crippen LogP contribution in [0.1, 0.15) is 37.1 Å². The minimum absolute atomic E-state index is 0.0526. The van der Waals surface area contributed by atoms with Crippen LogP contribution in [0.2, 0.25) is 5.02 Å². The fraction of sp³-hybridized carbons (Fsp3) is 0.250. The van der Waals surface area contributed by atoms with Gasteiger partial charge in [0.25, 0.3) is 0 Å². The summed E-state index contributed by atoms with van der Waals surface area (Å²) in [4.78, 5) is 20.0. The van der Waals surface area contributed by atoms with Crippen molar-refractivity contribution in [1.82, 2.24) is 4.98 Å². The molecule has 2 bridgehead atoms. The molecule has 4 heteroatoms. The highest BCUT2D eigenvalue weighted by molar-refractivity contribution is 6.30. The Labute approximate surface area is 170 Å². The van der Waals surface area contributed by atoms with Gasteiger partial charge in [-0.1, -0.05) is 47.5 Å². The maximum atomic E-state index is 11.9. The Kier molecular flexibility index (Phi) is 4.94. The Morgan fingerprint density at radius 1 is 1.21 bits per heavy atom. The molecule has 1 aromatic carbocycles. The number of aromatic nitrogens is 1. The predicted molar refractivity (Wildman–Crippen MR) is 117 cm³/mol. The summed E-state index contributed by atoms with van der Waals surface area (Å²) in [6.45, 7) is 4.26. The summed E-state index contributed by atoms with van der Waals surface area (Å²) in [6.07, 6.45) is 12.0. The Hall–Kier alpha value is -2.65. The maximum Gasteiger partial charge on any atom is 0.248 e. The Bertz CT molecular complexity index is 1070. The minimum atomic E-state index is -0.444. The fourth-order valence-corrected chi connectivity index (χ4v) is 4.68. The number of benzene rings is 1. The monoisotopic (exact) mass is 390 g/mol. The van der Waals surface area contributed by atoms with E-state index in [4.69, 9.17) is 16.6 Å². The van der Waals surface area contributed by atoms with Crippen LogP contribution in [0.5, 0.6) is 0 Å². The summed E-state index contributed by atoms with van der Waals surface area (Å²) < 4.78 is 0. The average Bonchev–Trinajstić information content (AvgIpc) is 2.66. The molecular formula is C24H23ClN2O. The molecule has 2 atom stereocenters. The van der Waals surface area contributed by atoms with Gasteiger partial charge in [-0.15, -0.1) is 0 Å². The van der Waals surface area contributed by atoms with Gasteiger partial charge < -0.3 is 4.98 Å². The van der Waals surface area contributed by atoms with Crippen LogP contribution < -0.4 is 5.56 Å². The van der Waals surface area contributed by atoms with E-state index in [-0.39, 0.29) is 11.5 Å². The van der Waals surface area contributed by atoms with Gasteiger partial charge >= 0.3 is 0 Å². The molecule has 2 aliphatic rings. The lowest BCUT2D eigenvalue weighted by atomic mass is 9.63. The highest BCUT2D eigenvalue weighted by Gasteiger charge is 2.46. The smallest absolute Gasteiger partial charge is 0.248 e. The lowest BCUT2D eigenvalue weighted by molar-refractivity contribution is 0.413. The molecule has 0 amide bonds. The fourth-order valence-electron chi connectivity index (χ4n) is 4.55. The summed E-state index contributed by atoms with van der Waals surface area (Å²) >= 11 is 5.95. The second kappa shape index (κ2) is 7.40. The summed E-state index contributed by atoms with van der Waals surface area (Å²) in [5.74, 6) is 0.279. The van der Waals surface area contributed by atoms with Gasteiger partial charge in [0.05, 0.1) is 0 Å². The number of rotatable bonds is 3. The number of aliphatic imine (C=N–C) groups is 1. The van der Waals surface area contributed by atoms with E-state index >= 15 is 0 Å². The van der Waals surface area contributed by atoms with E-state index in [0.717, 1.165) is 34.7 Å². The molecule has 3 nitrogen and oxygen atoms in total. The third kappa shape index (κ3) is 3.31. The van der Waals surface area contributed by atoms with E-state index in [9.17, 15) is 4.79 Å². The molecule has 2 aromatic rings. The number of H-pyrrole nitrogens is 1. The molecule has 0 saturated heterocycles. The van der Waals surface area contributed by atoms with Crippen molar-refractivity contribution < 1.29 is 0 Å². The molecule has 0 radical (unpaired) electrons. The first-order chi connectivity index (χ1) is 13.5. The first-order valence-corrected chi connectivity index (χ1v) is 9.94. The number of nitrogens with one attached hydrogen (secondary N) is 1. The number of pyridine rings is 1. The zero-order valence-electron chi connectivity index (χ0n) is 16.1. The molecule has 0 unspecified atom stereocenters. The van der Waals surface area contributed by atoms with Crippen LogP contribution >= 0.6 is 11.6 Å². The maximum absolute atomic E-state index is 11.9. The second-order valence-corrected chi connectivity index (χ2v) is 7.94. The van der Waals surface area contributed by atoms with Crippen molar-refractivity contribution in [2.24, 2.45) is 10.9 Å². The van der Waals surface area contributed by atoms with Crippen LogP contribution in [-0.2, 0) is 12.0 Å². The van der Waals surface area contributed by atoms with Gasteiger partial charge in [0, 0.05) is 40.9 Å². The number of nitrogens with zero attached hydrogens (tertiary/aromatic N) is 1. The van der Waals surface area contributed by atoms with Crippen LogP contribution in [0.3, 0.4) is 0 Å². The number of hydrogen-bond donors (Lipinski definition) is 1. The van der Waals surface area contributed by atoms with E-state index in [0.29, 0.717) is 0 Å². The highest BCUT2D eigenvalue weighted by atomic mass is 35.5. The summed E-state index contributed by atoms with van der Waals surface area (Å²) in [6, 6.07) is 11.3. The summed E-state index contributed by atoms with van der Waals surface area (Å²) in [7, 11) is 0. The van der Waals surface area contributed by atoms with Gasteiger partial charge in [-0.25, -0.2) is 0 Å². The van der Waals surface area contributed by atoms with Crippen LogP contribution in [0.15, 0.2) is 75.6 Å². The topological polar surface area (TPSA) is 45.2 Å². The van der Waals surface area contributed by atoms with E-state index in [1.807, 2.05) is 48.7 Å². The number of halogens is 1.